The molecule has 1 amide bonds. The molecule has 0 aromatic carbocycles. The van der Waals surface area contributed by atoms with E-state index in [0.717, 1.165) is 39.0 Å². The fourth-order valence-corrected chi connectivity index (χ4v) is 2.63. The Kier molecular flexibility index (Phi) is 3.82. The Morgan fingerprint density at radius 2 is 2.31 bits per heavy atom. The van der Waals surface area contributed by atoms with Gasteiger partial charge in [-0.3, -0.25) is 4.79 Å². The average molecular weight is 226 g/mol. The zero-order chi connectivity index (χ0) is 11.5. The van der Waals surface area contributed by atoms with Gasteiger partial charge < -0.3 is 15.4 Å². The number of hydrogen-bond donors (Lipinski definition) is 1. The summed E-state index contributed by atoms with van der Waals surface area (Å²) in [6, 6.07) is 0. The van der Waals surface area contributed by atoms with Gasteiger partial charge in [-0.25, -0.2) is 0 Å². The number of piperidine rings is 1. The maximum atomic E-state index is 12.1. The molecule has 2 aliphatic rings. The minimum atomic E-state index is -0.174. The van der Waals surface area contributed by atoms with Crippen LogP contribution in [0.2, 0.25) is 0 Å². The molecule has 0 aromatic rings. The van der Waals surface area contributed by atoms with Crippen LogP contribution >= 0.6 is 0 Å². The quantitative estimate of drug-likeness (QED) is 0.750. The van der Waals surface area contributed by atoms with Crippen LogP contribution in [0.25, 0.3) is 0 Å². The average Bonchev–Trinajstić information content (AvgIpc) is 2.82. The van der Waals surface area contributed by atoms with Crippen LogP contribution in [-0.2, 0) is 9.53 Å². The first kappa shape index (κ1) is 11.9. The molecular weight excluding hydrogens is 204 g/mol. The van der Waals surface area contributed by atoms with E-state index >= 15 is 0 Å². The van der Waals surface area contributed by atoms with Gasteiger partial charge in [-0.2, -0.15) is 0 Å². The molecule has 2 fully saturated rings. The molecule has 0 radical (unpaired) electrons. The molecule has 3 unspecified atom stereocenters. The van der Waals surface area contributed by atoms with Crippen LogP contribution in [0.1, 0.15) is 26.2 Å². The Labute approximate surface area is 97.1 Å². The largest absolute Gasteiger partial charge is 0.368 e. The van der Waals surface area contributed by atoms with Crippen LogP contribution in [0.3, 0.4) is 0 Å². The van der Waals surface area contributed by atoms with Crippen molar-refractivity contribution in [3.05, 3.63) is 0 Å². The molecule has 4 nitrogen and oxygen atoms in total. The Morgan fingerprint density at radius 1 is 1.50 bits per heavy atom. The van der Waals surface area contributed by atoms with E-state index < -0.39 is 0 Å². The van der Waals surface area contributed by atoms with E-state index in [-0.39, 0.29) is 12.0 Å². The number of carbonyl (C=O) groups excluding carboxylic acids is 1. The summed E-state index contributed by atoms with van der Waals surface area (Å²) in [5, 5.41) is 0. The first-order valence-electron chi connectivity index (χ1n) is 6.33. The van der Waals surface area contributed by atoms with E-state index in [1.165, 1.54) is 0 Å². The third-order valence-corrected chi connectivity index (χ3v) is 3.93. The normalized spacial score (nSPS) is 35.4. The highest BCUT2D eigenvalue weighted by molar-refractivity contribution is 5.81. The number of hydrogen-bond acceptors (Lipinski definition) is 3. The van der Waals surface area contributed by atoms with E-state index in [2.05, 4.69) is 6.92 Å². The van der Waals surface area contributed by atoms with Crippen molar-refractivity contribution in [2.45, 2.75) is 32.3 Å². The summed E-state index contributed by atoms with van der Waals surface area (Å²) in [6.07, 6.45) is 2.80. The number of likely N-dealkylation sites (tertiary alicyclic amines) is 1. The molecule has 92 valence electrons. The number of rotatable bonds is 2. The Bertz CT molecular complexity index is 251. The lowest BCUT2D eigenvalue weighted by molar-refractivity contribution is -0.143. The lowest BCUT2D eigenvalue weighted by atomic mass is 9.87. The lowest BCUT2D eigenvalue weighted by Gasteiger charge is -2.37. The van der Waals surface area contributed by atoms with Gasteiger partial charge in [0.1, 0.15) is 6.10 Å². The maximum Gasteiger partial charge on any atom is 0.251 e. The summed E-state index contributed by atoms with van der Waals surface area (Å²) >= 11 is 0. The van der Waals surface area contributed by atoms with Crippen molar-refractivity contribution in [3.8, 4) is 0 Å². The predicted molar refractivity (Wildman–Crippen MR) is 61.9 cm³/mol. The fourth-order valence-electron chi connectivity index (χ4n) is 2.63. The van der Waals surface area contributed by atoms with Crippen molar-refractivity contribution in [3.63, 3.8) is 0 Å². The van der Waals surface area contributed by atoms with Gasteiger partial charge in [0.2, 0.25) is 0 Å². The molecule has 0 aromatic heterocycles. The van der Waals surface area contributed by atoms with E-state index in [1.807, 2.05) is 4.90 Å². The summed E-state index contributed by atoms with van der Waals surface area (Å²) in [5.41, 5.74) is 5.74. The summed E-state index contributed by atoms with van der Waals surface area (Å²) < 4.78 is 5.44. The highest BCUT2D eigenvalue weighted by Crippen LogP contribution is 2.24. The Balaban J connectivity index is 1.91. The van der Waals surface area contributed by atoms with Gasteiger partial charge in [0, 0.05) is 19.7 Å². The van der Waals surface area contributed by atoms with Crippen LogP contribution in [0.4, 0.5) is 0 Å². The molecule has 2 saturated heterocycles. The highest BCUT2D eigenvalue weighted by atomic mass is 16.5. The summed E-state index contributed by atoms with van der Waals surface area (Å²) in [4.78, 5) is 14.1. The molecule has 0 saturated carbocycles. The number of amides is 1. The van der Waals surface area contributed by atoms with Crippen molar-refractivity contribution in [2.75, 3.05) is 26.2 Å². The number of nitrogens with zero attached hydrogens (tertiary/aromatic N) is 1. The second-order valence-electron chi connectivity index (χ2n) is 5.05. The Hall–Kier alpha value is -0.610. The van der Waals surface area contributed by atoms with Crippen molar-refractivity contribution < 1.29 is 9.53 Å². The smallest absolute Gasteiger partial charge is 0.251 e. The molecular formula is C12H22N2O2. The summed E-state index contributed by atoms with van der Waals surface area (Å²) in [6.45, 7) is 5.33. The van der Waals surface area contributed by atoms with Gasteiger partial charge >= 0.3 is 0 Å². The third-order valence-electron chi connectivity index (χ3n) is 3.93. The number of carbonyl (C=O) groups is 1. The minimum absolute atomic E-state index is 0.174. The van der Waals surface area contributed by atoms with Crippen LogP contribution in [0.15, 0.2) is 0 Å². The van der Waals surface area contributed by atoms with Crippen molar-refractivity contribution in [1.82, 2.24) is 4.90 Å². The maximum absolute atomic E-state index is 12.1. The van der Waals surface area contributed by atoms with Gasteiger partial charge in [-0.15, -0.1) is 0 Å². The molecule has 2 rings (SSSR count). The van der Waals surface area contributed by atoms with E-state index in [1.54, 1.807) is 0 Å². The van der Waals surface area contributed by atoms with Gasteiger partial charge in [-0.1, -0.05) is 6.92 Å². The van der Waals surface area contributed by atoms with Crippen LogP contribution in [0.5, 0.6) is 0 Å². The van der Waals surface area contributed by atoms with Crippen LogP contribution in [0, 0.1) is 11.8 Å². The molecule has 2 heterocycles. The van der Waals surface area contributed by atoms with Crippen molar-refractivity contribution in [2.24, 2.45) is 17.6 Å². The second kappa shape index (κ2) is 5.15. The van der Waals surface area contributed by atoms with Crippen molar-refractivity contribution in [1.29, 1.82) is 0 Å². The molecule has 4 heteroatoms. The van der Waals surface area contributed by atoms with Crippen molar-refractivity contribution >= 4 is 5.91 Å². The van der Waals surface area contributed by atoms with Gasteiger partial charge in [0.05, 0.1) is 0 Å². The lowest BCUT2D eigenvalue weighted by Crippen LogP contribution is -2.48. The molecule has 0 aliphatic carbocycles. The standard InChI is InChI=1S/C12H22N2O2/c1-9-4-5-14(8-10(9)7-13)12(15)11-3-2-6-16-11/h9-11H,2-8,13H2,1H3. The summed E-state index contributed by atoms with van der Waals surface area (Å²) in [5.74, 6) is 1.28. The van der Waals surface area contributed by atoms with E-state index in [9.17, 15) is 4.79 Å². The van der Waals surface area contributed by atoms with Crippen LogP contribution in [-0.4, -0.2) is 43.2 Å². The van der Waals surface area contributed by atoms with Crippen LogP contribution < -0.4 is 5.73 Å². The SMILES string of the molecule is CC1CCN(C(=O)C2CCCO2)CC1CN. The van der Waals surface area contributed by atoms with E-state index in [0.29, 0.717) is 18.4 Å². The zero-order valence-corrected chi connectivity index (χ0v) is 10.0. The summed E-state index contributed by atoms with van der Waals surface area (Å²) in [7, 11) is 0. The second-order valence-corrected chi connectivity index (χ2v) is 5.05. The number of ether oxygens (including phenoxy) is 1. The molecule has 2 aliphatic heterocycles. The molecule has 2 N–H and O–H groups in total. The monoisotopic (exact) mass is 226 g/mol. The topological polar surface area (TPSA) is 55.6 Å². The minimum Gasteiger partial charge on any atom is -0.368 e. The third kappa shape index (κ3) is 2.38. The zero-order valence-electron chi connectivity index (χ0n) is 10.0. The highest BCUT2D eigenvalue weighted by Gasteiger charge is 2.33. The van der Waals surface area contributed by atoms with Gasteiger partial charge in [0.15, 0.2) is 0 Å². The first-order chi connectivity index (χ1) is 7.72. The first-order valence-corrected chi connectivity index (χ1v) is 6.33. The molecule has 3 atom stereocenters. The Morgan fingerprint density at radius 3 is 2.94 bits per heavy atom. The molecule has 0 bridgehead atoms. The fraction of sp³-hybridized carbons (Fsp3) is 0.917. The van der Waals surface area contributed by atoms with Gasteiger partial charge in [-0.05, 0) is 37.6 Å². The number of nitrogens with two attached hydrogens (primary N) is 1. The predicted octanol–water partition coefficient (Wildman–Crippen LogP) is 0.609. The van der Waals surface area contributed by atoms with Gasteiger partial charge in [0.25, 0.3) is 5.91 Å². The molecule has 0 spiro atoms. The van der Waals surface area contributed by atoms with E-state index in [4.69, 9.17) is 10.5 Å². The molecule has 16 heavy (non-hydrogen) atoms.